The molecule has 1 aliphatic rings. The highest BCUT2D eigenvalue weighted by Gasteiger charge is 2.75. The molecule has 0 radical (unpaired) electrons. The number of alkyl halides is 1. The number of hydrogen-bond donors (Lipinski definition) is 0. The first-order valence-electron chi connectivity index (χ1n) is 8.54. The quantitative estimate of drug-likeness (QED) is 0.577. The molecule has 4 heteroatoms. The van der Waals surface area contributed by atoms with Crippen molar-refractivity contribution in [3.63, 3.8) is 0 Å². The lowest BCUT2D eigenvalue weighted by molar-refractivity contribution is -0.300. The van der Waals surface area contributed by atoms with E-state index in [4.69, 9.17) is 9.26 Å². The van der Waals surface area contributed by atoms with Crippen LogP contribution in [0.3, 0.4) is 0 Å². The van der Waals surface area contributed by atoms with E-state index in [9.17, 15) is 0 Å². The van der Waals surface area contributed by atoms with E-state index in [-0.39, 0.29) is 5.41 Å². The molecule has 1 unspecified atom stereocenters. The predicted molar refractivity (Wildman–Crippen MR) is 99.1 cm³/mol. The zero-order valence-electron chi connectivity index (χ0n) is 17.3. The Morgan fingerprint density at radius 3 is 1.74 bits per heavy atom. The van der Waals surface area contributed by atoms with Crippen molar-refractivity contribution >= 4 is 8.15 Å². The third-order valence-corrected chi connectivity index (χ3v) is 8.54. The molecule has 1 saturated carbocycles. The van der Waals surface area contributed by atoms with Gasteiger partial charge in [-0.2, -0.15) is 0 Å². The molecule has 1 aliphatic carbocycles. The van der Waals surface area contributed by atoms with Crippen LogP contribution in [0.15, 0.2) is 0 Å². The fourth-order valence-electron chi connectivity index (χ4n) is 4.59. The van der Waals surface area contributed by atoms with Crippen LogP contribution in [0.25, 0.3) is 0 Å². The van der Waals surface area contributed by atoms with Gasteiger partial charge in [-0.15, -0.1) is 0 Å². The molecular formula is C19H38FO2P. The SMILES string of the molecule is COC(C)(C)[C@@]1(C)CC(C)(C)C(C)(C)C(C)(F)[C@]1(C)OP(C)C. The molecule has 0 saturated heterocycles. The van der Waals surface area contributed by atoms with Crippen molar-refractivity contribution in [1.82, 2.24) is 0 Å². The molecule has 23 heavy (non-hydrogen) atoms. The molecule has 0 spiro atoms. The Balaban J connectivity index is 3.74. The van der Waals surface area contributed by atoms with Crippen LogP contribution >= 0.6 is 8.15 Å². The fraction of sp³-hybridized carbons (Fsp3) is 1.00. The zero-order valence-corrected chi connectivity index (χ0v) is 18.2. The molecule has 1 fully saturated rings. The Labute approximate surface area is 144 Å². The van der Waals surface area contributed by atoms with Crippen molar-refractivity contribution in [2.75, 3.05) is 20.4 Å². The maximum atomic E-state index is 16.5. The van der Waals surface area contributed by atoms with Crippen LogP contribution in [-0.2, 0) is 9.26 Å². The van der Waals surface area contributed by atoms with E-state index in [0.29, 0.717) is 0 Å². The highest BCUT2D eigenvalue weighted by atomic mass is 31.1. The molecule has 3 atom stereocenters. The Morgan fingerprint density at radius 2 is 1.39 bits per heavy atom. The second-order valence-corrected chi connectivity index (χ2v) is 11.5. The van der Waals surface area contributed by atoms with Gasteiger partial charge in [0, 0.05) is 26.1 Å². The third kappa shape index (κ3) is 2.61. The summed E-state index contributed by atoms with van der Waals surface area (Å²) in [5.74, 6) is 0. The van der Waals surface area contributed by atoms with Crippen LogP contribution in [0.5, 0.6) is 0 Å². The minimum atomic E-state index is -1.50. The van der Waals surface area contributed by atoms with Crippen molar-refractivity contribution < 1.29 is 13.7 Å². The van der Waals surface area contributed by atoms with Crippen LogP contribution in [0.2, 0.25) is 0 Å². The van der Waals surface area contributed by atoms with Crippen molar-refractivity contribution in [2.24, 2.45) is 16.2 Å². The largest absolute Gasteiger partial charge is 0.378 e. The molecule has 0 heterocycles. The fourth-order valence-corrected chi connectivity index (χ4v) is 5.69. The summed E-state index contributed by atoms with van der Waals surface area (Å²) in [7, 11) is 1.01. The Kier molecular flexibility index (Phi) is 5.23. The van der Waals surface area contributed by atoms with Gasteiger partial charge in [-0.3, -0.25) is 0 Å². The lowest BCUT2D eigenvalue weighted by atomic mass is 9.40. The van der Waals surface area contributed by atoms with Gasteiger partial charge in [-0.25, -0.2) is 4.39 Å². The minimum absolute atomic E-state index is 0.186. The molecule has 0 N–H and O–H groups in total. The average molecular weight is 348 g/mol. The van der Waals surface area contributed by atoms with Gasteiger partial charge in [0.05, 0.1) is 5.60 Å². The number of methoxy groups -OCH3 is 1. The number of halogens is 1. The summed E-state index contributed by atoms with van der Waals surface area (Å²) >= 11 is 0. The number of ether oxygens (including phenoxy) is 1. The maximum absolute atomic E-state index is 16.5. The summed E-state index contributed by atoms with van der Waals surface area (Å²) in [6.07, 6.45) is 0.840. The summed E-state index contributed by atoms with van der Waals surface area (Å²) in [5.41, 5.74) is -4.12. The topological polar surface area (TPSA) is 18.5 Å². The lowest BCUT2D eigenvalue weighted by Gasteiger charge is -2.70. The minimum Gasteiger partial charge on any atom is -0.378 e. The van der Waals surface area contributed by atoms with Gasteiger partial charge >= 0.3 is 0 Å². The second kappa shape index (κ2) is 5.64. The zero-order chi connectivity index (χ0) is 18.7. The van der Waals surface area contributed by atoms with Gasteiger partial charge in [0.25, 0.3) is 0 Å². The van der Waals surface area contributed by atoms with E-state index in [1.54, 1.807) is 14.0 Å². The van der Waals surface area contributed by atoms with Crippen LogP contribution in [0, 0.1) is 16.2 Å². The van der Waals surface area contributed by atoms with E-state index in [1.807, 2.05) is 34.1 Å². The standard InChI is InChI=1S/C19H38FO2P/c1-14(2)13-17(7,16(5,6)21-10)19(9,22-23(11)12)18(8,20)15(14,3)4/h13H2,1-12H3/t17-,18?,19-/m1/s1. The van der Waals surface area contributed by atoms with Gasteiger partial charge in [0.1, 0.15) is 11.3 Å². The monoisotopic (exact) mass is 348 g/mol. The average Bonchev–Trinajstić information content (AvgIpc) is 2.34. The van der Waals surface area contributed by atoms with Gasteiger partial charge in [-0.05, 0) is 52.9 Å². The second-order valence-electron chi connectivity index (χ2n) is 9.67. The molecule has 0 aromatic rings. The molecule has 138 valence electrons. The number of rotatable bonds is 4. The molecule has 1 rings (SSSR count). The number of hydrogen-bond acceptors (Lipinski definition) is 2. The van der Waals surface area contributed by atoms with E-state index in [2.05, 4.69) is 34.6 Å². The van der Waals surface area contributed by atoms with Crippen molar-refractivity contribution in [2.45, 2.75) is 85.6 Å². The summed E-state index contributed by atoms with van der Waals surface area (Å²) in [4.78, 5) is 0. The highest BCUT2D eigenvalue weighted by molar-refractivity contribution is 7.50. The Morgan fingerprint density at radius 1 is 0.957 bits per heavy atom. The van der Waals surface area contributed by atoms with Crippen molar-refractivity contribution in [1.29, 1.82) is 0 Å². The van der Waals surface area contributed by atoms with Crippen LogP contribution < -0.4 is 0 Å². The van der Waals surface area contributed by atoms with Gasteiger partial charge in [0.15, 0.2) is 0 Å². The molecular weight excluding hydrogens is 310 g/mol. The van der Waals surface area contributed by atoms with Crippen LogP contribution in [0.1, 0.15) is 68.7 Å². The first-order chi connectivity index (χ1) is 9.93. The normalized spacial score (nSPS) is 40.4. The molecule has 2 nitrogen and oxygen atoms in total. The van der Waals surface area contributed by atoms with E-state index in [0.717, 1.165) is 6.42 Å². The molecule has 0 aromatic heterocycles. The maximum Gasteiger partial charge on any atom is 0.143 e. The van der Waals surface area contributed by atoms with Gasteiger partial charge < -0.3 is 9.26 Å². The van der Waals surface area contributed by atoms with Crippen LogP contribution in [-0.4, -0.2) is 37.3 Å². The van der Waals surface area contributed by atoms with Gasteiger partial charge in [0.2, 0.25) is 0 Å². The van der Waals surface area contributed by atoms with Gasteiger partial charge in [-0.1, -0.05) is 34.6 Å². The first kappa shape index (κ1) is 21.3. The summed E-state index contributed by atoms with van der Waals surface area (Å²) in [6, 6.07) is 0. The summed E-state index contributed by atoms with van der Waals surface area (Å²) in [6.45, 7) is 22.5. The first-order valence-corrected chi connectivity index (χ1v) is 10.7. The summed E-state index contributed by atoms with van der Waals surface area (Å²) < 4.78 is 28.9. The molecule has 0 aromatic carbocycles. The predicted octanol–water partition coefficient (Wildman–Crippen LogP) is 6.03. The van der Waals surface area contributed by atoms with Crippen molar-refractivity contribution in [3.8, 4) is 0 Å². The Hall–Kier alpha value is 0.280. The van der Waals surface area contributed by atoms with E-state index >= 15 is 4.39 Å². The third-order valence-electron chi connectivity index (χ3n) is 7.81. The summed E-state index contributed by atoms with van der Waals surface area (Å²) in [5, 5.41) is 0. The highest BCUT2D eigenvalue weighted by Crippen LogP contribution is 2.71. The lowest BCUT2D eigenvalue weighted by Crippen LogP contribution is -2.76. The van der Waals surface area contributed by atoms with E-state index < -0.39 is 35.8 Å². The Bertz CT molecular complexity index is 456. The molecule has 0 aliphatic heterocycles. The van der Waals surface area contributed by atoms with Crippen molar-refractivity contribution in [3.05, 3.63) is 0 Å². The van der Waals surface area contributed by atoms with Crippen LogP contribution in [0.4, 0.5) is 4.39 Å². The van der Waals surface area contributed by atoms with E-state index in [1.165, 1.54) is 0 Å². The smallest absolute Gasteiger partial charge is 0.143 e. The molecule has 0 amide bonds. The molecule has 0 bridgehead atoms.